The predicted octanol–water partition coefficient (Wildman–Crippen LogP) is 3.44. The summed E-state index contributed by atoms with van der Waals surface area (Å²) >= 11 is 0. The fourth-order valence-corrected chi connectivity index (χ4v) is 3.12. The summed E-state index contributed by atoms with van der Waals surface area (Å²) in [7, 11) is 3.09. The van der Waals surface area contributed by atoms with Gasteiger partial charge in [0.05, 0.1) is 26.7 Å². The summed E-state index contributed by atoms with van der Waals surface area (Å²) in [4.78, 5) is 26.4. The molecule has 27 heavy (non-hydrogen) atoms. The number of amides is 1. The van der Waals surface area contributed by atoms with Gasteiger partial charge in [0.15, 0.2) is 5.78 Å². The van der Waals surface area contributed by atoms with E-state index >= 15 is 0 Å². The van der Waals surface area contributed by atoms with Crippen molar-refractivity contribution in [2.75, 3.05) is 14.2 Å². The van der Waals surface area contributed by atoms with Crippen LogP contribution in [-0.4, -0.2) is 30.8 Å². The van der Waals surface area contributed by atoms with Crippen LogP contribution in [0, 0.1) is 5.82 Å². The maximum Gasteiger partial charge on any atom is 0.231 e. The van der Waals surface area contributed by atoms with Crippen LogP contribution in [0.3, 0.4) is 0 Å². The normalized spacial score (nSPS) is 16.3. The van der Waals surface area contributed by atoms with Crippen LogP contribution in [0.15, 0.2) is 54.7 Å². The van der Waals surface area contributed by atoms with Gasteiger partial charge < -0.3 is 14.4 Å². The smallest absolute Gasteiger partial charge is 0.231 e. The number of allylic oxidation sites excluding steroid dienone is 1. The molecule has 2 aromatic rings. The molecule has 1 heterocycles. The van der Waals surface area contributed by atoms with E-state index in [4.69, 9.17) is 9.47 Å². The third-order valence-electron chi connectivity index (χ3n) is 4.52. The van der Waals surface area contributed by atoms with Gasteiger partial charge in [-0.05, 0) is 42.0 Å². The number of ketones is 1. The number of carbonyl (C=O) groups excluding carboxylic acids is 2. The maximum absolute atomic E-state index is 13.2. The highest BCUT2D eigenvalue weighted by Crippen LogP contribution is 2.31. The number of hydrogen-bond donors (Lipinski definition) is 0. The highest BCUT2D eigenvalue weighted by molar-refractivity contribution is 5.93. The van der Waals surface area contributed by atoms with Gasteiger partial charge in [-0.2, -0.15) is 0 Å². The van der Waals surface area contributed by atoms with Gasteiger partial charge in [-0.1, -0.05) is 12.1 Å². The van der Waals surface area contributed by atoms with Gasteiger partial charge in [-0.25, -0.2) is 4.39 Å². The molecule has 6 heteroatoms. The molecule has 0 spiro atoms. The van der Waals surface area contributed by atoms with E-state index in [0.29, 0.717) is 22.6 Å². The van der Waals surface area contributed by atoms with Crippen LogP contribution < -0.4 is 9.47 Å². The fraction of sp³-hybridized carbons (Fsp3) is 0.238. The Balaban J connectivity index is 1.88. The summed E-state index contributed by atoms with van der Waals surface area (Å²) in [5, 5.41) is 0. The zero-order chi connectivity index (χ0) is 19.4. The van der Waals surface area contributed by atoms with E-state index in [1.165, 1.54) is 36.4 Å². The molecule has 0 bridgehead atoms. The Morgan fingerprint density at radius 1 is 1.15 bits per heavy atom. The Bertz CT molecular complexity index is 876. The van der Waals surface area contributed by atoms with Crippen LogP contribution in [0.1, 0.15) is 23.6 Å². The average Bonchev–Trinajstić information content (AvgIpc) is 2.68. The van der Waals surface area contributed by atoms with E-state index < -0.39 is 6.04 Å². The van der Waals surface area contributed by atoms with Gasteiger partial charge in [0.1, 0.15) is 17.3 Å². The molecule has 0 aromatic heterocycles. The van der Waals surface area contributed by atoms with Crippen molar-refractivity contribution in [3.05, 3.63) is 71.7 Å². The topological polar surface area (TPSA) is 55.8 Å². The molecule has 2 aromatic carbocycles. The van der Waals surface area contributed by atoms with Crippen molar-refractivity contribution < 1.29 is 23.5 Å². The van der Waals surface area contributed by atoms with Crippen LogP contribution in [0.4, 0.5) is 4.39 Å². The highest BCUT2D eigenvalue weighted by atomic mass is 19.1. The molecular weight excluding hydrogens is 349 g/mol. The van der Waals surface area contributed by atoms with E-state index in [0.717, 1.165) is 0 Å². The molecule has 140 valence electrons. The molecule has 1 aliphatic rings. The van der Waals surface area contributed by atoms with Crippen molar-refractivity contribution in [2.24, 2.45) is 0 Å². The van der Waals surface area contributed by atoms with Crippen molar-refractivity contribution in [3.63, 3.8) is 0 Å². The Morgan fingerprint density at radius 2 is 1.89 bits per heavy atom. The third-order valence-corrected chi connectivity index (χ3v) is 4.52. The second-order valence-corrected chi connectivity index (χ2v) is 6.21. The monoisotopic (exact) mass is 369 g/mol. The zero-order valence-electron chi connectivity index (χ0n) is 15.1. The quantitative estimate of drug-likeness (QED) is 0.810. The second kappa shape index (κ2) is 8.03. The molecule has 0 N–H and O–H groups in total. The predicted molar refractivity (Wildman–Crippen MR) is 98.0 cm³/mol. The lowest BCUT2D eigenvalue weighted by atomic mass is 9.96. The van der Waals surface area contributed by atoms with Gasteiger partial charge in [-0.15, -0.1) is 0 Å². The lowest BCUT2D eigenvalue weighted by Gasteiger charge is -2.31. The van der Waals surface area contributed by atoms with E-state index in [1.807, 2.05) is 0 Å². The number of nitrogens with zero attached hydrogens (tertiary/aromatic N) is 1. The van der Waals surface area contributed by atoms with Crippen molar-refractivity contribution in [2.45, 2.75) is 18.9 Å². The summed E-state index contributed by atoms with van der Waals surface area (Å²) < 4.78 is 23.8. The molecule has 0 fully saturated rings. The van der Waals surface area contributed by atoms with Crippen LogP contribution in [0.2, 0.25) is 0 Å². The number of halogens is 1. The summed E-state index contributed by atoms with van der Waals surface area (Å²) in [5.41, 5.74) is 1.39. The third kappa shape index (κ3) is 4.16. The molecule has 3 rings (SSSR count). The van der Waals surface area contributed by atoms with Crippen molar-refractivity contribution in [1.82, 2.24) is 4.90 Å². The molecule has 1 atom stereocenters. The number of benzene rings is 2. The Kier molecular flexibility index (Phi) is 5.54. The Labute approximate surface area is 157 Å². The number of rotatable bonds is 5. The van der Waals surface area contributed by atoms with Crippen molar-refractivity contribution in [1.29, 1.82) is 0 Å². The molecule has 0 saturated carbocycles. The molecule has 0 aliphatic carbocycles. The van der Waals surface area contributed by atoms with Crippen LogP contribution in [0.5, 0.6) is 11.5 Å². The SMILES string of the molecule is COc1ccc(OC)c(CC(=O)N2C=CC(=O)CC2c2ccc(F)cc2)c1. The minimum absolute atomic E-state index is 0.0765. The van der Waals surface area contributed by atoms with Crippen LogP contribution >= 0.6 is 0 Å². The van der Waals surface area contributed by atoms with Gasteiger partial charge in [0, 0.05) is 18.2 Å². The fourth-order valence-electron chi connectivity index (χ4n) is 3.12. The average molecular weight is 369 g/mol. The van der Waals surface area contributed by atoms with Crippen LogP contribution in [-0.2, 0) is 16.0 Å². The number of methoxy groups -OCH3 is 2. The molecule has 1 aliphatic heterocycles. The summed E-state index contributed by atoms with van der Waals surface area (Å²) in [6.45, 7) is 0. The van der Waals surface area contributed by atoms with E-state index in [-0.39, 0.29) is 30.3 Å². The maximum atomic E-state index is 13.2. The second-order valence-electron chi connectivity index (χ2n) is 6.21. The summed E-state index contributed by atoms with van der Waals surface area (Å²) in [5.74, 6) is 0.569. The van der Waals surface area contributed by atoms with Crippen molar-refractivity contribution >= 4 is 11.7 Å². The molecule has 1 unspecified atom stereocenters. The van der Waals surface area contributed by atoms with Gasteiger partial charge in [0.25, 0.3) is 0 Å². The van der Waals surface area contributed by atoms with Gasteiger partial charge in [-0.3, -0.25) is 9.59 Å². The largest absolute Gasteiger partial charge is 0.497 e. The van der Waals surface area contributed by atoms with Crippen LogP contribution in [0.25, 0.3) is 0 Å². The van der Waals surface area contributed by atoms with Gasteiger partial charge in [0.2, 0.25) is 5.91 Å². The lowest BCUT2D eigenvalue weighted by Crippen LogP contribution is -2.35. The molecule has 0 saturated heterocycles. The highest BCUT2D eigenvalue weighted by Gasteiger charge is 2.29. The van der Waals surface area contributed by atoms with E-state index in [2.05, 4.69) is 0 Å². The Morgan fingerprint density at radius 3 is 2.56 bits per heavy atom. The molecule has 0 radical (unpaired) electrons. The lowest BCUT2D eigenvalue weighted by molar-refractivity contribution is -0.131. The summed E-state index contributed by atoms with van der Waals surface area (Å²) in [6, 6.07) is 10.6. The number of carbonyl (C=O) groups is 2. The first-order valence-corrected chi connectivity index (χ1v) is 8.50. The first-order valence-electron chi connectivity index (χ1n) is 8.50. The first kappa shape index (κ1) is 18.6. The number of hydrogen-bond acceptors (Lipinski definition) is 4. The summed E-state index contributed by atoms with van der Waals surface area (Å²) in [6.07, 6.45) is 3.12. The first-order chi connectivity index (χ1) is 13.0. The van der Waals surface area contributed by atoms with E-state index in [9.17, 15) is 14.0 Å². The zero-order valence-corrected chi connectivity index (χ0v) is 15.1. The minimum Gasteiger partial charge on any atom is -0.497 e. The Hall–Kier alpha value is -3.15. The van der Waals surface area contributed by atoms with Gasteiger partial charge >= 0.3 is 0 Å². The molecule has 1 amide bonds. The van der Waals surface area contributed by atoms with E-state index in [1.54, 1.807) is 37.4 Å². The standard InChI is InChI=1S/C21H20FNO4/c1-26-18-7-8-20(27-2)15(11-18)12-21(25)23-10-9-17(24)13-19(23)14-3-5-16(22)6-4-14/h3-11,19H,12-13H2,1-2H3. The minimum atomic E-state index is -0.466. The molecule has 5 nitrogen and oxygen atoms in total. The molecular formula is C21H20FNO4. The van der Waals surface area contributed by atoms with Crippen molar-refractivity contribution in [3.8, 4) is 11.5 Å². The number of ether oxygens (including phenoxy) is 2.